The molecule has 0 saturated carbocycles. The zero-order valence-electron chi connectivity index (χ0n) is 4.97. The van der Waals surface area contributed by atoms with Crippen molar-refractivity contribution in [3.8, 4) is 0 Å². The maximum atomic E-state index is 5.31. The molecule has 0 bridgehead atoms. The zero-order chi connectivity index (χ0) is 7.28. The Morgan fingerprint density at radius 2 is 1.89 bits per heavy atom. The summed E-state index contributed by atoms with van der Waals surface area (Å²) in [5.41, 5.74) is 10.9. The molecule has 0 fully saturated rings. The zero-order valence-corrected chi connectivity index (χ0v) is 5.73. The summed E-state index contributed by atoms with van der Waals surface area (Å²) in [6.45, 7) is 3.43. The molecule has 0 aliphatic carbocycles. The van der Waals surface area contributed by atoms with Gasteiger partial charge in [0.2, 0.25) is 0 Å². The van der Waals surface area contributed by atoms with Crippen LogP contribution in [-0.2, 0) is 0 Å². The highest BCUT2D eigenvalue weighted by Crippen LogP contribution is 1.92. The Bertz CT molecular complexity index is 154. The molecule has 0 aliphatic rings. The minimum absolute atomic E-state index is 0.208. The first-order valence-electron chi connectivity index (χ1n) is 2.37. The van der Waals surface area contributed by atoms with Gasteiger partial charge in [-0.2, -0.15) is 0 Å². The molecule has 50 valence electrons. The topological polar surface area (TPSA) is 52.0 Å². The van der Waals surface area contributed by atoms with Crippen LogP contribution in [0.5, 0.6) is 0 Å². The maximum absolute atomic E-state index is 5.31. The summed E-state index contributed by atoms with van der Waals surface area (Å²) in [5, 5.41) is 0.208. The van der Waals surface area contributed by atoms with Crippen molar-refractivity contribution in [2.24, 2.45) is 11.5 Å². The van der Waals surface area contributed by atoms with E-state index in [-0.39, 0.29) is 5.16 Å². The van der Waals surface area contributed by atoms with Gasteiger partial charge in [0.1, 0.15) is 0 Å². The molecule has 2 nitrogen and oxygen atoms in total. The minimum Gasteiger partial charge on any atom is -0.399 e. The standard InChI is InChI=1S/C6H9ClN2/c1-2-5(8)3-4-6(7)9/h2-4H,1,8-9H2/b5-3-,6-4-. The van der Waals surface area contributed by atoms with Crippen molar-refractivity contribution in [3.63, 3.8) is 0 Å². The fourth-order valence-corrected chi connectivity index (χ4v) is 0.307. The molecule has 0 saturated heterocycles. The van der Waals surface area contributed by atoms with Gasteiger partial charge in [-0.3, -0.25) is 0 Å². The molecule has 0 aliphatic heterocycles. The van der Waals surface area contributed by atoms with Crippen LogP contribution in [0.25, 0.3) is 0 Å². The van der Waals surface area contributed by atoms with Crippen molar-refractivity contribution in [1.29, 1.82) is 0 Å². The third kappa shape index (κ3) is 4.97. The molecule has 0 aromatic carbocycles. The number of allylic oxidation sites excluding steroid dienone is 3. The van der Waals surface area contributed by atoms with Crippen LogP contribution in [-0.4, -0.2) is 0 Å². The van der Waals surface area contributed by atoms with Crippen LogP contribution in [0.4, 0.5) is 0 Å². The van der Waals surface area contributed by atoms with Gasteiger partial charge >= 0.3 is 0 Å². The number of rotatable bonds is 2. The van der Waals surface area contributed by atoms with Gasteiger partial charge < -0.3 is 11.5 Å². The van der Waals surface area contributed by atoms with Gasteiger partial charge in [-0.15, -0.1) is 0 Å². The molecule has 0 atom stereocenters. The molecule has 4 N–H and O–H groups in total. The second-order valence-corrected chi connectivity index (χ2v) is 1.86. The second kappa shape index (κ2) is 4.04. The van der Waals surface area contributed by atoms with E-state index in [1.54, 1.807) is 6.08 Å². The first kappa shape index (κ1) is 8.11. The average molecular weight is 145 g/mol. The van der Waals surface area contributed by atoms with E-state index in [9.17, 15) is 0 Å². The molecule has 0 heterocycles. The quantitative estimate of drug-likeness (QED) is 0.450. The summed E-state index contributed by atoms with van der Waals surface area (Å²) < 4.78 is 0. The van der Waals surface area contributed by atoms with E-state index in [1.165, 1.54) is 12.2 Å². The Morgan fingerprint density at radius 1 is 1.33 bits per heavy atom. The van der Waals surface area contributed by atoms with E-state index >= 15 is 0 Å². The SMILES string of the molecule is C=C/C(N)=C/C=C(\N)Cl. The van der Waals surface area contributed by atoms with Crippen molar-refractivity contribution in [3.05, 3.63) is 35.7 Å². The monoisotopic (exact) mass is 144 g/mol. The van der Waals surface area contributed by atoms with E-state index in [2.05, 4.69) is 6.58 Å². The summed E-state index contributed by atoms with van der Waals surface area (Å²) in [7, 11) is 0. The van der Waals surface area contributed by atoms with Crippen molar-refractivity contribution in [2.45, 2.75) is 0 Å². The molecule has 3 heteroatoms. The van der Waals surface area contributed by atoms with Crippen LogP contribution in [0.2, 0.25) is 0 Å². The lowest BCUT2D eigenvalue weighted by Crippen LogP contribution is -1.91. The van der Waals surface area contributed by atoms with Crippen molar-refractivity contribution in [2.75, 3.05) is 0 Å². The smallest absolute Gasteiger partial charge is 0.0992 e. The summed E-state index contributed by atoms with van der Waals surface area (Å²) in [4.78, 5) is 0. The van der Waals surface area contributed by atoms with Crippen LogP contribution in [0.15, 0.2) is 35.7 Å². The van der Waals surface area contributed by atoms with E-state index in [4.69, 9.17) is 23.1 Å². The summed E-state index contributed by atoms with van der Waals surface area (Å²) in [6, 6.07) is 0. The first-order chi connectivity index (χ1) is 4.16. The predicted octanol–water partition coefficient (Wildman–Crippen LogP) is 1.05. The molecule has 0 spiro atoms. The van der Waals surface area contributed by atoms with E-state index in [1.807, 2.05) is 0 Å². The molecule has 0 rings (SSSR count). The van der Waals surface area contributed by atoms with E-state index in [0.717, 1.165) is 0 Å². The fraction of sp³-hybridized carbons (Fsp3) is 0. The molecule has 0 unspecified atom stereocenters. The van der Waals surface area contributed by atoms with Gasteiger partial charge in [-0.05, 0) is 18.2 Å². The highest BCUT2D eigenvalue weighted by atomic mass is 35.5. The lowest BCUT2D eigenvalue weighted by Gasteiger charge is -1.85. The number of hydrogen-bond donors (Lipinski definition) is 2. The van der Waals surface area contributed by atoms with Crippen LogP contribution in [0.3, 0.4) is 0 Å². The fourth-order valence-electron chi connectivity index (χ4n) is 0.244. The van der Waals surface area contributed by atoms with Crippen LogP contribution >= 0.6 is 11.6 Å². The number of nitrogens with two attached hydrogens (primary N) is 2. The van der Waals surface area contributed by atoms with Gasteiger partial charge in [0.05, 0.1) is 5.16 Å². The summed E-state index contributed by atoms with van der Waals surface area (Å²) in [5.74, 6) is 0. The Labute approximate surface area is 59.5 Å². The largest absolute Gasteiger partial charge is 0.399 e. The lowest BCUT2D eigenvalue weighted by molar-refractivity contribution is 1.42. The maximum Gasteiger partial charge on any atom is 0.0992 e. The highest BCUT2D eigenvalue weighted by molar-refractivity contribution is 6.29. The third-order valence-corrected chi connectivity index (χ3v) is 0.797. The Morgan fingerprint density at radius 3 is 2.22 bits per heavy atom. The molecule has 0 aromatic heterocycles. The average Bonchev–Trinajstić information content (AvgIpc) is 1.83. The molecule has 9 heavy (non-hydrogen) atoms. The second-order valence-electron chi connectivity index (χ2n) is 1.42. The molecule has 0 aromatic rings. The van der Waals surface area contributed by atoms with Gasteiger partial charge in [0.25, 0.3) is 0 Å². The van der Waals surface area contributed by atoms with Gasteiger partial charge in [-0.25, -0.2) is 0 Å². The Kier molecular flexibility index (Phi) is 3.64. The van der Waals surface area contributed by atoms with E-state index < -0.39 is 0 Å². The molecular formula is C6H9ClN2. The third-order valence-electron chi connectivity index (χ3n) is 0.671. The molecular weight excluding hydrogens is 136 g/mol. The van der Waals surface area contributed by atoms with Crippen molar-refractivity contribution in [1.82, 2.24) is 0 Å². The van der Waals surface area contributed by atoms with Gasteiger partial charge in [0.15, 0.2) is 0 Å². The van der Waals surface area contributed by atoms with E-state index in [0.29, 0.717) is 5.70 Å². The lowest BCUT2D eigenvalue weighted by atomic mass is 10.4. The van der Waals surface area contributed by atoms with Crippen LogP contribution in [0, 0.1) is 0 Å². The Hall–Kier alpha value is -0.890. The number of halogens is 1. The van der Waals surface area contributed by atoms with Crippen molar-refractivity contribution >= 4 is 11.6 Å². The Balaban J connectivity index is 3.98. The van der Waals surface area contributed by atoms with Crippen LogP contribution in [0.1, 0.15) is 0 Å². The normalized spacial score (nSPS) is 13.4. The van der Waals surface area contributed by atoms with Gasteiger partial charge in [0, 0.05) is 5.70 Å². The minimum atomic E-state index is 0.208. The summed E-state index contributed by atoms with van der Waals surface area (Å²) >= 11 is 5.28. The first-order valence-corrected chi connectivity index (χ1v) is 2.75. The molecule has 0 radical (unpaired) electrons. The van der Waals surface area contributed by atoms with Gasteiger partial charge in [-0.1, -0.05) is 18.2 Å². The predicted molar refractivity (Wildman–Crippen MR) is 40.6 cm³/mol. The summed E-state index contributed by atoms with van der Waals surface area (Å²) in [6.07, 6.45) is 4.59. The number of hydrogen-bond acceptors (Lipinski definition) is 2. The molecule has 0 amide bonds. The van der Waals surface area contributed by atoms with Crippen LogP contribution < -0.4 is 11.5 Å². The highest BCUT2D eigenvalue weighted by Gasteiger charge is 1.77. The van der Waals surface area contributed by atoms with Crippen molar-refractivity contribution < 1.29 is 0 Å².